The summed E-state index contributed by atoms with van der Waals surface area (Å²) in [6, 6.07) is 6.08. The van der Waals surface area contributed by atoms with Crippen molar-refractivity contribution in [3.05, 3.63) is 34.3 Å². The van der Waals surface area contributed by atoms with Gasteiger partial charge >= 0.3 is 0 Å². The second-order valence-electron chi connectivity index (χ2n) is 3.78. The lowest BCUT2D eigenvalue weighted by atomic mass is 9.96. The van der Waals surface area contributed by atoms with Crippen LogP contribution in [-0.2, 0) is 0 Å². The standard InChI is InChI=1S/C11H16ClN/c1-7(2)11(13)9-4-5-10(12)8(3)6-9/h4-7,11H,13H2,1-3H3. The first-order chi connectivity index (χ1) is 6.02. The van der Waals surface area contributed by atoms with Gasteiger partial charge in [-0.05, 0) is 30.0 Å². The first kappa shape index (κ1) is 10.6. The van der Waals surface area contributed by atoms with Crippen molar-refractivity contribution in [2.24, 2.45) is 11.7 Å². The SMILES string of the molecule is Cc1cc(C(N)C(C)C)ccc1Cl. The highest BCUT2D eigenvalue weighted by atomic mass is 35.5. The summed E-state index contributed by atoms with van der Waals surface area (Å²) < 4.78 is 0. The Bertz CT molecular complexity index is 294. The average Bonchev–Trinajstić information content (AvgIpc) is 2.08. The minimum atomic E-state index is 0.107. The smallest absolute Gasteiger partial charge is 0.0435 e. The molecule has 0 aliphatic carbocycles. The molecule has 0 bridgehead atoms. The molecule has 72 valence electrons. The zero-order valence-electron chi connectivity index (χ0n) is 8.34. The van der Waals surface area contributed by atoms with E-state index in [-0.39, 0.29) is 6.04 Å². The van der Waals surface area contributed by atoms with Gasteiger partial charge in [0.15, 0.2) is 0 Å². The van der Waals surface area contributed by atoms with Gasteiger partial charge in [0.2, 0.25) is 0 Å². The summed E-state index contributed by atoms with van der Waals surface area (Å²) >= 11 is 5.92. The van der Waals surface area contributed by atoms with E-state index in [4.69, 9.17) is 17.3 Å². The highest BCUT2D eigenvalue weighted by molar-refractivity contribution is 6.31. The zero-order chi connectivity index (χ0) is 10.0. The van der Waals surface area contributed by atoms with Gasteiger partial charge in [-0.1, -0.05) is 37.6 Å². The summed E-state index contributed by atoms with van der Waals surface area (Å²) in [5.41, 5.74) is 8.27. The van der Waals surface area contributed by atoms with Crippen molar-refractivity contribution in [2.45, 2.75) is 26.8 Å². The molecule has 1 atom stereocenters. The predicted octanol–water partition coefficient (Wildman–Crippen LogP) is 3.30. The van der Waals surface area contributed by atoms with E-state index in [9.17, 15) is 0 Å². The van der Waals surface area contributed by atoms with Crippen LogP contribution in [-0.4, -0.2) is 0 Å². The Labute approximate surface area is 84.9 Å². The molecule has 1 aromatic carbocycles. The maximum atomic E-state index is 6.01. The molecule has 0 saturated carbocycles. The van der Waals surface area contributed by atoms with Gasteiger partial charge in [0, 0.05) is 11.1 Å². The van der Waals surface area contributed by atoms with Crippen LogP contribution < -0.4 is 5.73 Å². The van der Waals surface area contributed by atoms with Gasteiger partial charge in [-0.25, -0.2) is 0 Å². The Kier molecular flexibility index (Phi) is 3.34. The second-order valence-corrected chi connectivity index (χ2v) is 4.19. The van der Waals surface area contributed by atoms with Crippen molar-refractivity contribution in [3.8, 4) is 0 Å². The van der Waals surface area contributed by atoms with E-state index in [2.05, 4.69) is 19.9 Å². The topological polar surface area (TPSA) is 26.0 Å². The molecule has 0 heterocycles. The van der Waals surface area contributed by atoms with Gasteiger partial charge in [0.25, 0.3) is 0 Å². The van der Waals surface area contributed by atoms with Gasteiger partial charge in [0.1, 0.15) is 0 Å². The van der Waals surface area contributed by atoms with Crippen molar-refractivity contribution in [1.82, 2.24) is 0 Å². The van der Waals surface area contributed by atoms with Crippen LogP contribution in [0.3, 0.4) is 0 Å². The Morgan fingerprint density at radius 2 is 1.92 bits per heavy atom. The molecular formula is C11H16ClN. The molecule has 0 radical (unpaired) electrons. The Balaban J connectivity index is 2.97. The van der Waals surface area contributed by atoms with Crippen molar-refractivity contribution in [3.63, 3.8) is 0 Å². The molecule has 2 N–H and O–H groups in total. The maximum Gasteiger partial charge on any atom is 0.0435 e. The molecule has 0 amide bonds. The first-order valence-electron chi connectivity index (χ1n) is 4.54. The molecule has 2 heteroatoms. The Morgan fingerprint density at radius 3 is 2.38 bits per heavy atom. The summed E-state index contributed by atoms with van der Waals surface area (Å²) in [4.78, 5) is 0. The quantitative estimate of drug-likeness (QED) is 0.774. The fourth-order valence-corrected chi connectivity index (χ4v) is 1.38. The van der Waals surface area contributed by atoms with Crippen LogP contribution in [0.2, 0.25) is 5.02 Å². The molecule has 13 heavy (non-hydrogen) atoms. The van der Waals surface area contributed by atoms with Crippen molar-refractivity contribution < 1.29 is 0 Å². The number of benzene rings is 1. The van der Waals surface area contributed by atoms with Gasteiger partial charge < -0.3 is 5.73 Å². The van der Waals surface area contributed by atoms with Gasteiger partial charge in [-0.2, -0.15) is 0 Å². The number of rotatable bonds is 2. The lowest BCUT2D eigenvalue weighted by Gasteiger charge is -2.16. The molecule has 1 aromatic rings. The molecular weight excluding hydrogens is 182 g/mol. The third kappa shape index (κ3) is 2.45. The molecule has 0 fully saturated rings. The molecule has 0 spiro atoms. The normalized spacial score (nSPS) is 13.4. The van der Waals surface area contributed by atoms with Crippen LogP contribution in [0.25, 0.3) is 0 Å². The molecule has 1 nitrogen and oxygen atoms in total. The fourth-order valence-electron chi connectivity index (χ4n) is 1.26. The summed E-state index contributed by atoms with van der Waals surface area (Å²) in [7, 11) is 0. The third-order valence-corrected chi connectivity index (χ3v) is 2.71. The van der Waals surface area contributed by atoms with Crippen LogP contribution in [0.5, 0.6) is 0 Å². The molecule has 0 saturated heterocycles. The van der Waals surface area contributed by atoms with Crippen LogP contribution in [0.1, 0.15) is 31.0 Å². The van der Waals surface area contributed by atoms with E-state index >= 15 is 0 Å². The van der Waals surface area contributed by atoms with Crippen LogP contribution in [0.15, 0.2) is 18.2 Å². The predicted molar refractivity (Wildman–Crippen MR) is 58.0 cm³/mol. The molecule has 0 aliphatic rings. The number of hydrogen-bond donors (Lipinski definition) is 1. The average molecular weight is 198 g/mol. The highest BCUT2D eigenvalue weighted by Crippen LogP contribution is 2.23. The molecule has 0 aliphatic heterocycles. The number of hydrogen-bond acceptors (Lipinski definition) is 1. The van der Waals surface area contributed by atoms with E-state index in [1.807, 2.05) is 19.1 Å². The van der Waals surface area contributed by atoms with Gasteiger partial charge in [0.05, 0.1) is 0 Å². The van der Waals surface area contributed by atoms with Gasteiger partial charge in [-0.3, -0.25) is 0 Å². The van der Waals surface area contributed by atoms with E-state index in [0.717, 1.165) is 16.1 Å². The van der Waals surface area contributed by atoms with Crippen molar-refractivity contribution >= 4 is 11.6 Å². The van der Waals surface area contributed by atoms with E-state index < -0.39 is 0 Å². The lowest BCUT2D eigenvalue weighted by molar-refractivity contribution is 0.514. The number of aryl methyl sites for hydroxylation is 1. The monoisotopic (exact) mass is 197 g/mol. The summed E-state index contributed by atoms with van der Waals surface area (Å²) in [5, 5.41) is 0.805. The van der Waals surface area contributed by atoms with Crippen molar-refractivity contribution in [1.29, 1.82) is 0 Å². The van der Waals surface area contributed by atoms with Crippen LogP contribution in [0, 0.1) is 12.8 Å². The first-order valence-corrected chi connectivity index (χ1v) is 4.92. The zero-order valence-corrected chi connectivity index (χ0v) is 9.10. The molecule has 0 aromatic heterocycles. The summed E-state index contributed by atoms with van der Waals surface area (Å²) in [6.45, 7) is 6.24. The lowest BCUT2D eigenvalue weighted by Crippen LogP contribution is -2.16. The van der Waals surface area contributed by atoms with Crippen LogP contribution in [0.4, 0.5) is 0 Å². The molecule has 1 unspecified atom stereocenters. The van der Waals surface area contributed by atoms with Crippen molar-refractivity contribution in [2.75, 3.05) is 0 Å². The highest BCUT2D eigenvalue weighted by Gasteiger charge is 2.10. The summed E-state index contributed by atoms with van der Waals surface area (Å²) in [5.74, 6) is 0.459. The second kappa shape index (κ2) is 4.12. The number of nitrogens with two attached hydrogens (primary N) is 1. The fraction of sp³-hybridized carbons (Fsp3) is 0.455. The minimum Gasteiger partial charge on any atom is -0.324 e. The Hall–Kier alpha value is -0.530. The maximum absolute atomic E-state index is 6.01. The van der Waals surface area contributed by atoms with E-state index in [0.29, 0.717) is 5.92 Å². The van der Waals surface area contributed by atoms with E-state index in [1.54, 1.807) is 0 Å². The van der Waals surface area contributed by atoms with E-state index in [1.165, 1.54) is 0 Å². The van der Waals surface area contributed by atoms with Crippen LogP contribution >= 0.6 is 11.6 Å². The number of halogens is 1. The van der Waals surface area contributed by atoms with Gasteiger partial charge in [-0.15, -0.1) is 0 Å². The Morgan fingerprint density at radius 1 is 1.31 bits per heavy atom. The third-order valence-electron chi connectivity index (χ3n) is 2.29. The minimum absolute atomic E-state index is 0.107. The molecule has 1 rings (SSSR count). The largest absolute Gasteiger partial charge is 0.324 e. The summed E-state index contributed by atoms with van der Waals surface area (Å²) in [6.07, 6.45) is 0.